The van der Waals surface area contributed by atoms with Crippen LogP contribution in [0.4, 0.5) is 10.1 Å². The molecular formula is C11H16BrFN2O2S. The highest BCUT2D eigenvalue weighted by Gasteiger charge is 2.21. The lowest BCUT2D eigenvalue weighted by Crippen LogP contribution is -2.33. The Hall–Kier alpha value is -0.660. The summed E-state index contributed by atoms with van der Waals surface area (Å²) in [5.74, 6) is -0.418. The van der Waals surface area contributed by atoms with Gasteiger partial charge in [-0.15, -0.1) is 0 Å². The van der Waals surface area contributed by atoms with E-state index in [1.165, 1.54) is 12.1 Å². The van der Waals surface area contributed by atoms with Crippen LogP contribution >= 0.6 is 15.9 Å². The molecule has 0 aromatic heterocycles. The molecule has 0 radical (unpaired) electrons. The van der Waals surface area contributed by atoms with Crippen LogP contribution in [0.2, 0.25) is 0 Å². The number of sulfonamides is 1. The van der Waals surface area contributed by atoms with Crippen LogP contribution in [0, 0.1) is 12.7 Å². The maximum atomic E-state index is 13.2. The van der Waals surface area contributed by atoms with E-state index in [2.05, 4.69) is 26.0 Å². The lowest BCUT2D eigenvalue weighted by atomic mass is 10.2. The van der Waals surface area contributed by atoms with Gasteiger partial charge >= 0.3 is 0 Å². The molecule has 1 aromatic carbocycles. The largest absolute Gasteiger partial charge is 0.318 e. The van der Waals surface area contributed by atoms with E-state index in [1.54, 1.807) is 20.9 Å². The van der Waals surface area contributed by atoms with Gasteiger partial charge in [0.05, 0.1) is 15.4 Å². The van der Waals surface area contributed by atoms with E-state index in [9.17, 15) is 12.8 Å². The molecule has 1 aromatic rings. The number of nitrogens with one attached hydrogen (secondary N) is 2. The van der Waals surface area contributed by atoms with Gasteiger partial charge in [0.2, 0.25) is 10.0 Å². The van der Waals surface area contributed by atoms with Crippen molar-refractivity contribution >= 4 is 31.6 Å². The topological polar surface area (TPSA) is 58.2 Å². The summed E-state index contributed by atoms with van der Waals surface area (Å²) in [6.45, 7) is 3.60. The quantitative estimate of drug-likeness (QED) is 0.865. The third kappa shape index (κ3) is 3.66. The first-order valence-electron chi connectivity index (χ1n) is 5.39. The maximum Gasteiger partial charge on any atom is 0.236 e. The highest BCUT2D eigenvalue weighted by Crippen LogP contribution is 2.25. The molecule has 0 saturated carbocycles. The van der Waals surface area contributed by atoms with E-state index in [4.69, 9.17) is 0 Å². The molecule has 1 atom stereocenters. The minimum atomic E-state index is -3.48. The summed E-state index contributed by atoms with van der Waals surface area (Å²) in [7, 11) is -1.80. The van der Waals surface area contributed by atoms with Crippen LogP contribution in [-0.2, 0) is 10.0 Å². The normalized spacial score (nSPS) is 13.4. The van der Waals surface area contributed by atoms with Crippen molar-refractivity contribution in [3.05, 3.63) is 28.0 Å². The van der Waals surface area contributed by atoms with E-state index in [0.717, 1.165) is 0 Å². The van der Waals surface area contributed by atoms with Gasteiger partial charge < -0.3 is 5.32 Å². The molecule has 0 bridgehead atoms. The zero-order valence-corrected chi connectivity index (χ0v) is 12.8. The van der Waals surface area contributed by atoms with E-state index in [1.807, 2.05) is 0 Å². The van der Waals surface area contributed by atoms with Gasteiger partial charge in [-0.3, -0.25) is 4.72 Å². The summed E-state index contributed by atoms with van der Waals surface area (Å²) in [5.41, 5.74) is 0.919. The summed E-state index contributed by atoms with van der Waals surface area (Å²) >= 11 is 3.03. The monoisotopic (exact) mass is 338 g/mol. The van der Waals surface area contributed by atoms with Crippen LogP contribution < -0.4 is 10.0 Å². The Morgan fingerprint density at radius 2 is 2.06 bits per heavy atom. The first-order valence-corrected chi connectivity index (χ1v) is 7.73. The van der Waals surface area contributed by atoms with Gasteiger partial charge in [-0.1, -0.05) is 0 Å². The van der Waals surface area contributed by atoms with Crippen LogP contribution in [0.25, 0.3) is 0 Å². The SMILES string of the molecule is CNCC(C)S(=O)(=O)Nc1cc(Br)c(F)cc1C. The smallest absolute Gasteiger partial charge is 0.236 e. The molecule has 4 nitrogen and oxygen atoms in total. The molecule has 7 heteroatoms. The summed E-state index contributed by atoms with van der Waals surface area (Å²) < 4.78 is 39.9. The number of hydrogen-bond donors (Lipinski definition) is 2. The average molecular weight is 339 g/mol. The number of anilines is 1. The number of halogens is 2. The van der Waals surface area contributed by atoms with Gasteiger partial charge in [-0.25, -0.2) is 12.8 Å². The van der Waals surface area contributed by atoms with Crippen molar-refractivity contribution in [1.82, 2.24) is 5.32 Å². The van der Waals surface area contributed by atoms with Crippen LogP contribution in [0.15, 0.2) is 16.6 Å². The van der Waals surface area contributed by atoms with Crippen molar-refractivity contribution in [2.75, 3.05) is 18.3 Å². The Morgan fingerprint density at radius 1 is 1.44 bits per heavy atom. The second kappa shape index (κ2) is 5.99. The predicted octanol–water partition coefficient (Wildman–Crippen LogP) is 2.25. The van der Waals surface area contributed by atoms with Gasteiger partial charge in [-0.2, -0.15) is 0 Å². The maximum absolute atomic E-state index is 13.2. The minimum Gasteiger partial charge on any atom is -0.318 e. The Morgan fingerprint density at radius 3 is 2.61 bits per heavy atom. The highest BCUT2D eigenvalue weighted by molar-refractivity contribution is 9.10. The fraction of sp³-hybridized carbons (Fsp3) is 0.455. The molecule has 0 fully saturated rings. The van der Waals surface area contributed by atoms with Crippen molar-refractivity contribution < 1.29 is 12.8 Å². The first-order chi connectivity index (χ1) is 8.27. The van der Waals surface area contributed by atoms with Crippen LogP contribution in [0.3, 0.4) is 0 Å². The summed E-state index contributed by atoms with van der Waals surface area (Å²) in [5, 5.41) is 2.23. The molecule has 0 amide bonds. The molecule has 0 aliphatic rings. The molecule has 102 valence electrons. The molecule has 1 rings (SSSR count). The molecule has 18 heavy (non-hydrogen) atoms. The van der Waals surface area contributed by atoms with Crippen molar-refractivity contribution in [2.45, 2.75) is 19.1 Å². The molecule has 1 unspecified atom stereocenters. The number of hydrogen-bond acceptors (Lipinski definition) is 3. The standard InChI is InChI=1S/C11H16BrFN2O2S/c1-7-4-10(13)9(12)5-11(7)15-18(16,17)8(2)6-14-3/h4-5,8,14-15H,6H2,1-3H3. The third-order valence-corrected chi connectivity index (χ3v) is 4.88. The zero-order chi connectivity index (χ0) is 13.9. The molecule has 0 heterocycles. The second-order valence-electron chi connectivity index (χ2n) is 4.10. The lowest BCUT2D eigenvalue weighted by molar-refractivity contribution is 0.583. The van der Waals surface area contributed by atoms with Crippen molar-refractivity contribution in [3.8, 4) is 0 Å². The summed E-state index contributed by atoms with van der Waals surface area (Å²) in [4.78, 5) is 0. The number of benzene rings is 1. The van der Waals surface area contributed by atoms with Gasteiger partial charge in [-0.05, 0) is 54.5 Å². The van der Waals surface area contributed by atoms with Crippen LogP contribution in [0.1, 0.15) is 12.5 Å². The molecule has 2 N–H and O–H groups in total. The van der Waals surface area contributed by atoms with E-state index < -0.39 is 21.1 Å². The van der Waals surface area contributed by atoms with Crippen molar-refractivity contribution in [3.63, 3.8) is 0 Å². The highest BCUT2D eigenvalue weighted by atomic mass is 79.9. The van der Waals surface area contributed by atoms with Gasteiger partial charge in [0.15, 0.2) is 0 Å². The van der Waals surface area contributed by atoms with Crippen LogP contribution in [-0.4, -0.2) is 27.3 Å². The Balaban J connectivity index is 3.01. The van der Waals surface area contributed by atoms with E-state index >= 15 is 0 Å². The van der Waals surface area contributed by atoms with Crippen molar-refractivity contribution in [2.24, 2.45) is 0 Å². The minimum absolute atomic E-state index is 0.229. The third-order valence-electron chi connectivity index (χ3n) is 2.54. The average Bonchev–Trinajstić information content (AvgIpc) is 2.26. The summed E-state index contributed by atoms with van der Waals surface area (Å²) in [6, 6.07) is 2.71. The fourth-order valence-electron chi connectivity index (χ4n) is 1.41. The van der Waals surface area contributed by atoms with Gasteiger partial charge in [0.25, 0.3) is 0 Å². The van der Waals surface area contributed by atoms with E-state index in [0.29, 0.717) is 17.8 Å². The first kappa shape index (κ1) is 15.4. The molecule has 0 aliphatic heterocycles. The Bertz CT molecular complexity index is 534. The fourth-order valence-corrected chi connectivity index (χ4v) is 2.86. The van der Waals surface area contributed by atoms with Crippen molar-refractivity contribution in [1.29, 1.82) is 0 Å². The molecular weight excluding hydrogens is 323 g/mol. The van der Waals surface area contributed by atoms with Gasteiger partial charge in [0.1, 0.15) is 5.82 Å². The molecule has 0 aliphatic carbocycles. The number of aryl methyl sites for hydroxylation is 1. The number of rotatable bonds is 5. The zero-order valence-electron chi connectivity index (χ0n) is 10.4. The molecule has 0 spiro atoms. The second-order valence-corrected chi connectivity index (χ2v) is 7.05. The summed E-state index contributed by atoms with van der Waals surface area (Å²) in [6.07, 6.45) is 0. The molecule has 0 saturated heterocycles. The predicted molar refractivity (Wildman–Crippen MR) is 74.8 cm³/mol. The Labute approximate surface area is 115 Å². The Kier molecular flexibility index (Phi) is 5.12. The lowest BCUT2D eigenvalue weighted by Gasteiger charge is -2.16. The van der Waals surface area contributed by atoms with Crippen LogP contribution in [0.5, 0.6) is 0 Å². The van der Waals surface area contributed by atoms with Gasteiger partial charge in [0, 0.05) is 6.54 Å². The van der Waals surface area contributed by atoms with E-state index in [-0.39, 0.29) is 4.47 Å².